The lowest BCUT2D eigenvalue weighted by Gasteiger charge is -2.38. The number of primary amides is 1. The normalized spacial score (nSPS) is 23.5. The van der Waals surface area contributed by atoms with E-state index in [-0.39, 0.29) is 23.7 Å². The minimum atomic E-state index is -0.525. The molecule has 0 radical (unpaired) electrons. The van der Waals surface area contributed by atoms with Gasteiger partial charge in [-0.05, 0) is 81.2 Å². The maximum absolute atomic E-state index is 13.2. The van der Waals surface area contributed by atoms with Crippen LogP contribution in [0.3, 0.4) is 0 Å². The summed E-state index contributed by atoms with van der Waals surface area (Å²) in [4.78, 5) is 44.2. The molecule has 3 fully saturated rings. The summed E-state index contributed by atoms with van der Waals surface area (Å²) < 4.78 is 0. The number of hydrogen-bond acceptors (Lipinski definition) is 6. The molecule has 2 aromatic rings. The molecule has 3 unspecified atom stereocenters. The minimum absolute atomic E-state index is 0.0714. The van der Waals surface area contributed by atoms with Crippen LogP contribution in [0.15, 0.2) is 30.5 Å². The Morgan fingerprint density at radius 2 is 1.89 bits per heavy atom. The summed E-state index contributed by atoms with van der Waals surface area (Å²) in [5.74, 6) is 1.16. The number of amides is 2. The first-order chi connectivity index (χ1) is 16.9. The number of fused-ring (bicyclic) bond motifs is 1. The summed E-state index contributed by atoms with van der Waals surface area (Å²) in [6.07, 6.45) is 7.74. The first-order valence-corrected chi connectivity index (χ1v) is 12.6. The van der Waals surface area contributed by atoms with Crippen molar-refractivity contribution in [2.24, 2.45) is 17.6 Å². The number of hydrogen-bond donors (Lipinski definition) is 3. The van der Waals surface area contributed by atoms with Gasteiger partial charge in [-0.2, -0.15) is 0 Å². The molecule has 5 rings (SSSR count). The van der Waals surface area contributed by atoms with Gasteiger partial charge in [0.2, 0.25) is 0 Å². The Morgan fingerprint density at radius 1 is 1.09 bits per heavy atom. The van der Waals surface area contributed by atoms with Crippen molar-refractivity contribution in [1.82, 2.24) is 10.3 Å². The molecule has 1 aromatic carbocycles. The van der Waals surface area contributed by atoms with Crippen LogP contribution in [0.2, 0.25) is 0 Å². The number of nitrogens with zero attached hydrogens (tertiary/aromatic N) is 2. The zero-order valence-corrected chi connectivity index (χ0v) is 20.3. The smallest absolute Gasteiger partial charge is 0.251 e. The first-order valence-electron chi connectivity index (χ1n) is 12.6. The average Bonchev–Trinajstić information content (AvgIpc) is 3.62. The van der Waals surface area contributed by atoms with Gasteiger partial charge in [0, 0.05) is 54.6 Å². The van der Waals surface area contributed by atoms with Gasteiger partial charge in [-0.25, -0.2) is 4.98 Å². The summed E-state index contributed by atoms with van der Waals surface area (Å²) >= 11 is 0. The van der Waals surface area contributed by atoms with Crippen LogP contribution in [-0.4, -0.2) is 48.3 Å². The molecule has 3 atom stereocenters. The van der Waals surface area contributed by atoms with Crippen molar-refractivity contribution in [2.75, 3.05) is 23.8 Å². The lowest BCUT2D eigenvalue weighted by molar-refractivity contribution is 0.0933. The third-order valence-electron chi connectivity index (χ3n) is 7.79. The number of piperidine rings is 1. The molecule has 2 amide bonds. The van der Waals surface area contributed by atoms with Gasteiger partial charge in [0.15, 0.2) is 5.78 Å². The van der Waals surface area contributed by atoms with E-state index in [9.17, 15) is 14.4 Å². The number of carbonyl (C=O) groups is 3. The fraction of sp³-hybridized carbons (Fsp3) is 0.481. The van der Waals surface area contributed by atoms with E-state index in [2.05, 4.69) is 20.5 Å². The SMILES string of the molecule is CNc1cc(C(=O)NC2CC3CCCN(c4ccc(C(=O)C5CC5)cn4)C3C2)c(C)cc1C(N)=O. The summed E-state index contributed by atoms with van der Waals surface area (Å²) in [6, 6.07) is 7.65. The third-order valence-corrected chi connectivity index (χ3v) is 7.79. The highest BCUT2D eigenvalue weighted by Crippen LogP contribution is 2.39. The fourth-order valence-corrected chi connectivity index (χ4v) is 5.80. The molecule has 3 aliphatic rings. The molecule has 2 heterocycles. The molecule has 8 heteroatoms. The first kappa shape index (κ1) is 23.3. The standard InChI is InChI=1S/C27H33N5O3/c1-15-10-21(26(28)34)22(29-2)13-20(15)27(35)31-19-11-17-4-3-9-32(23(17)12-19)24-8-7-18(14-30-24)25(33)16-5-6-16/h7-8,10,13-14,16-17,19,23,29H,3-6,9,11-12H2,1-2H3,(H2,28,34)(H,31,35). The van der Waals surface area contributed by atoms with E-state index in [1.807, 2.05) is 19.1 Å². The number of anilines is 2. The van der Waals surface area contributed by atoms with Crippen molar-refractivity contribution in [2.45, 2.75) is 57.5 Å². The predicted molar refractivity (Wildman–Crippen MR) is 135 cm³/mol. The molecule has 1 saturated heterocycles. The monoisotopic (exact) mass is 475 g/mol. The number of nitrogens with one attached hydrogen (secondary N) is 2. The quantitative estimate of drug-likeness (QED) is 0.529. The highest BCUT2D eigenvalue weighted by atomic mass is 16.2. The van der Waals surface area contributed by atoms with Gasteiger partial charge in [-0.15, -0.1) is 0 Å². The summed E-state index contributed by atoms with van der Waals surface area (Å²) in [6.45, 7) is 2.75. The van der Waals surface area contributed by atoms with Crippen LogP contribution in [-0.2, 0) is 0 Å². The molecule has 2 saturated carbocycles. The molecule has 1 aromatic heterocycles. The molecular weight excluding hydrogens is 442 g/mol. The van der Waals surface area contributed by atoms with Crippen LogP contribution in [0.5, 0.6) is 0 Å². The van der Waals surface area contributed by atoms with Gasteiger partial charge in [-0.3, -0.25) is 14.4 Å². The van der Waals surface area contributed by atoms with Gasteiger partial charge in [0.1, 0.15) is 5.82 Å². The van der Waals surface area contributed by atoms with Gasteiger partial charge >= 0.3 is 0 Å². The number of nitrogens with two attached hydrogens (primary N) is 1. The number of rotatable bonds is 7. The van der Waals surface area contributed by atoms with E-state index in [1.165, 1.54) is 0 Å². The van der Waals surface area contributed by atoms with Crippen molar-refractivity contribution in [3.8, 4) is 0 Å². The van der Waals surface area contributed by atoms with E-state index in [1.54, 1.807) is 25.4 Å². The van der Waals surface area contributed by atoms with Crippen LogP contribution in [0, 0.1) is 18.8 Å². The second kappa shape index (κ2) is 9.32. The van der Waals surface area contributed by atoms with Crippen molar-refractivity contribution in [3.05, 3.63) is 52.7 Å². The molecular formula is C27H33N5O3. The number of aryl methyl sites for hydroxylation is 1. The molecule has 35 heavy (non-hydrogen) atoms. The molecule has 2 aliphatic carbocycles. The van der Waals surface area contributed by atoms with Crippen molar-refractivity contribution >= 4 is 29.1 Å². The van der Waals surface area contributed by atoms with Gasteiger partial charge in [0.05, 0.1) is 5.56 Å². The predicted octanol–water partition coefficient (Wildman–Crippen LogP) is 3.30. The third kappa shape index (κ3) is 4.61. The Hall–Kier alpha value is -3.42. The Balaban J connectivity index is 1.28. The second-order valence-corrected chi connectivity index (χ2v) is 10.2. The van der Waals surface area contributed by atoms with Crippen LogP contribution < -0.4 is 21.3 Å². The number of benzene rings is 1. The number of aromatic nitrogens is 1. The maximum atomic E-state index is 13.2. The van der Waals surface area contributed by atoms with E-state index in [0.717, 1.165) is 56.5 Å². The van der Waals surface area contributed by atoms with E-state index in [0.29, 0.717) is 34.3 Å². The number of pyridine rings is 1. The van der Waals surface area contributed by atoms with Gasteiger partial charge < -0.3 is 21.3 Å². The Labute approximate surface area is 205 Å². The molecule has 184 valence electrons. The second-order valence-electron chi connectivity index (χ2n) is 10.2. The highest BCUT2D eigenvalue weighted by molar-refractivity contribution is 6.03. The van der Waals surface area contributed by atoms with Crippen LogP contribution in [0.1, 0.15) is 75.2 Å². The van der Waals surface area contributed by atoms with Crippen molar-refractivity contribution in [1.29, 1.82) is 0 Å². The van der Waals surface area contributed by atoms with Crippen LogP contribution >= 0.6 is 0 Å². The lowest BCUT2D eigenvalue weighted by atomic mass is 9.92. The van der Waals surface area contributed by atoms with Crippen molar-refractivity contribution < 1.29 is 14.4 Å². The molecule has 0 bridgehead atoms. The summed E-state index contributed by atoms with van der Waals surface area (Å²) in [7, 11) is 1.71. The Kier molecular flexibility index (Phi) is 6.21. The van der Waals surface area contributed by atoms with Crippen molar-refractivity contribution in [3.63, 3.8) is 0 Å². The lowest BCUT2D eigenvalue weighted by Crippen LogP contribution is -2.43. The molecule has 1 aliphatic heterocycles. The van der Waals surface area contributed by atoms with Gasteiger partial charge in [0.25, 0.3) is 11.8 Å². The Bertz CT molecular complexity index is 1160. The molecule has 8 nitrogen and oxygen atoms in total. The largest absolute Gasteiger partial charge is 0.387 e. The molecule has 0 spiro atoms. The van der Waals surface area contributed by atoms with E-state index < -0.39 is 5.91 Å². The highest BCUT2D eigenvalue weighted by Gasteiger charge is 2.41. The zero-order chi connectivity index (χ0) is 24.7. The minimum Gasteiger partial charge on any atom is -0.387 e. The van der Waals surface area contributed by atoms with E-state index >= 15 is 0 Å². The number of carbonyl (C=O) groups excluding carboxylic acids is 3. The van der Waals surface area contributed by atoms with Crippen LogP contribution in [0.25, 0.3) is 0 Å². The number of Topliss-reactive ketones (excluding diaryl/α,β-unsaturated/α-hetero) is 1. The van der Waals surface area contributed by atoms with E-state index in [4.69, 9.17) is 5.73 Å². The fourth-order valence-electron chi connectivity index (χ4n) is 5.80. The maximum Gasteiger partial charge on any atom is 0.251 e. The molecule has 4 N–H and O–H groups in total. The van der Waals surface area contributed by atoms with Crippen LogP contribution in [0.4, 0.5) is 11.5 Å². The topological polar surface area (TPSA) is 117 Å². The van der Waals surface area contributed by atoms with Gasteiger partial charge in [-0.1, -0.05) is 0 Å². The number of ketones is 1. The zero-order valence-electron chi connectivity index (χ0n) is 20.3. The Morgan fingerprint density at radius 3 is 2.54 bits per heavy atom. The summed E-state index contributed by atoms with van der Waals surface area (Å²) in [5.41, 5.74) is 8.38. The average molecular weight is 476 g/mol. The summed E-state index contributed by atoms with van der Waals surface area (Å²) in [5, 5.41) is 6.20.